The zero-order valence-corrected chi connectivity index (χ0v) is 20.9. The number of carbonyl (C=O) groups excluding carboxylic acids is 3. The van der Waals surface area contributed by atoms with Crippen molar-refractivity contribution in [1.82, 2.24) is 0 Å². The number of benzene rings is 4. The molecule has 1 aliphatic heterocycles. The lowest BCUT2D eigenvalue weighted by atomic mass is 9.82. The van der Waals surface area contributed by atoms with Crippen molar-refractivity contribution in [1.29, 1.82) is 0 Å². The fourth-order valence-electron chi connectivity index (χ4n) is 5.31. The minimum Gasteiger partial charge on any atom is -0.457 e. The van der Waals surface area contributed by atoms with Gasteiger partial charge in [0, 0.05) is 5.69 Å². The summed E-state index contributed by atoms with van der Waals surface area (Å²) in [5.41, 5.74) is 2.29. The Morgan fingerprint density at radius 3 is 2.32 bits per heavy atom. The maximum absolute atomic E-state index is 13.3. The smallest absolute Gasteiger partial charge is 0.257 e. The van der Waals surface area contributed by atoms with Crippen LogP contribution in [0.3, 0.4) is 0 Å². The fourth-order valence-corrected chi connectivity index (χ4v) is 5.31. The summed E-state index contributed by atoms with van der Waals surface area (Å²) in [5, 5.41) is 5.11. The average molecular weight is 503 g/mol. The van der Waals surface area contributed by atoms with Gasteiger partial charge in [0.1, 0.15) is 11.5 Å². The highest BCUT2D eigenvalue weighted by atomic mass is 16.5. The number of allylic oxidation sites excluding steroid dienone is 2. The monoisotopic (exact) mass is 502 g/mol. The van der Waals surface area contributed by atoms with Gasteiger partial charge in [-0.15, -0.1) is 0 Å². The van der Waals surface area contributed by atoms with Gasteiger partial charge in [0.15, 0.2) is 0 Å². The van der Waals surface area contributed by atoms with E-state index >= 15 is 0 Å². The number of imide groups is 1. The second kappa shape index (κ2) is 9.63. The Hall–Kier alpha value is -4.71. The molecule has 3 amide bonds. The Labute approximate surface area is 220 Å². The summed E-state index contributed by atoms with van der Waals surface area (Å²) >= 11 is 0. The van der Waals surface area contributed by atoms with Crippen LogP contribution < -0.4 is 15.0 Å². The largest absolute Gasteiger partial charge is 0.457 e. The van der Waals surface area contributed by atoms with Gasteiger partial charge in [-0.2, -0.15) is 0 Å². The van der Waals surface area contributed by atoms with E-state index < -0.39 is 5.91 Å². The standard InChI is InChI=1S/C32H26N2O4/c1-20-10-17-26-28(18-20)32(37)34(31(26)36)29-9-5-4-8-27(29)30(35)33-23-12-15-24(16-13-23)38-25-14-11-21-6-2-3-7-22(21)19-25/h2-16,19,26,28H,17-18H2,1H3,(H,33,35)/t26-,28-/m0/s1. The quantitative estimate of drug-likeness (QED) is 0.243. The number of carbonyl (C=O) groups is 3. The number of anilines is 2. The van der Waals surface area contributed by atoms with Gasteiger partial charge in [-0.25, -0.2) is 4.90 Å². The first-order chi connectivity index (χ1) is 18.5. The predicted molar refractivity (Wildman–Crippen MR) is 147 cm³/mol. The number of hydrogen-bond acceptors (Lipinski definition) is 4. The number of nitrogens with one attached hydrogen (secondary N) is 1. The van der Waals surface area contributed by atoms with Crippen LogP contribution in [0.25, 0.3) is 10.8 Å². The first-order valence-corrected chi connectivity index (χ1v) is 12.7. The van der Waals surface area contributed by atoms with E-state index in [1.807, 2.05) is 49.4 Å². The normalized spacial score (nSPS) is 18.8. The van der Waals surface area contributed by atoms with Crippen LogP contribution in [0.5, 0.6) is 11.5 Å². The van der Waals surface area contributed by atoms with E-state index in [0.717, 1.165) is 22.1 Å². The van der Waals surface area contributed by atoms with Crippen molar-refractivity contribution in [3.8, 4) is 11.5 Å². The first kappa shape index (κ1) is 23.7. The van der Waals surface area contributed by atoms with Crippen molar-refractivity contribution >= 4 is 39.9 Å². The number of ether oxygens (including phenoxy) is 1. The summed E-state index contributed by atoms with van der Waals surface area (Å²) < 4.78 is 6.00. The lowest BCUT2D eigenvalue weighted by Gasteiger charge is -2.19. The van der Waals surface area contributed by atoms with E-state index in [4.69, 9.17) is 4.74 Å². The Balaban J connectivity index is 1.18. The van der Waals surface area contributed by atoms with Crippen LogP contribution in [0, 0.1) is 11.8 Å². The van der Waals surface area contributed by atoms with Crippen molar-refractivity contribution in [3.63, 3.8) is 0 Å². The molecule has 6 nitrogen and oxygen atoms in total. The number of fused-ring (bicyclic) bond motifs is 2. The maximum atomic E-state index is 13.3. The van der Waals surface area contributed by atoms with Crippen molar-refractivity contribution in [3.05, 3.63) is 108 Å². The SMILES string of the molecule is CC1=CC[C@@H]2C(=O)N(c3ccccc3C(=O)Nc3ccc(Oc4ccc5ccccc5c4)cc3)C(=O)[C@H]2C1. The summed E-state index contributed by atoms with van der Waals surface area (Å²) in [6.45, 7) is 1.98. The van der Waals surface area contributed by atoms with Gasteiger partial charge >= 0.3 is 0 Å². The Morgan fingerprint density at radius 1 is 0.816 bits per heavy atom. The Kier molecular flexibility index (Phi) is 6.00. The summed E-state index contributed by atoms with van der Waals surface area (Å²) in [6, 6.07) is 27.8. The molecule has 0 unspecified atom stereocenters. The van der Waals surface area contributed by atoms with Crippen molar-refractivity contribution < 1.29 is 19.1 Å². The van der Waals surface area contributed by atoms with Gasteiger partial charge < -0.3 is 10.1 Å². The molecule has 1 saturated heterocycles. The van der Waals surface area contributed by atoms with Gasteiger partial charge in [0.25, 0.3) is 5.91 Å². The van der Waals surface area contributed by atoms with Crippen LogP contribution in [-0.4, -0.2) is 17.7 Å². The molecule has 1 aliphatic carbocycles. The van der Waals surface area contributed by atoms with E-state index in [1.165, 1.54) is 4.90 Å². The highest BCUT2D eigenvalue weighted by Crippen LogP contribution is 2.40. The second-order valence-corrected chi connectivity index (χ2v) is 9.82. The number of hydrogen-bond donors (Lipinski definition) is 1. The first-order valence-electron chi connectivity index (χ1n) is 12.7. The van der Waals surface area contributed by atoms with E-state index in [0.29, 0.717) is 30.0 Å². The highest BCUT2D eigenvalue weighted by Gasteiger charge is 2.49. The molecule has 1 fully saturated rings. The molecule has 0 radical (unpaired) electrons. The molecular weight excluding hydrogens is 476 g/mol. The number of amides is 3. The summed E-state index contributed by atoms with van der Waals surface area (Å²) in [4.78, 5) is 40.9. The Bertz CT molecular complexity index is 1610. The van der Waals surface area contributed by atoms with E-state index in [1.54, 1.807) is 48.5 Å². The molecule has 2 aliphatic rings. The molecule has 6 heteroatoms. The topological polar surface area (TPSA) is 75.7 Å². The van der Waals surface area contributed by atoms with Crippen molar-refractivity contribution in [2.75, 3.05) is 10.2 Å². The molecule has 2 atom stereocenters. The van der Waals surface area contributed by atoms with Gasteiger partial charge in [-0.1, -0.05) is 54.1 Å². The van der Waals surface area contributed by atoms with Crippen LogP contribution in [0.15, 0.2) is 103 Å². The molecule has 0 bridgehead atoms. The maximum Gasteiger partial charge on any atom is 0.257 e. The summed E-state index contributed by atoms with van der Waals surface area (Å²) in [5.74, 6) is -0.231. The minimum absolute atomic E-state index is 0.233. The molecule has 0 spiro atoms. The average Bonchev–Trinajstić information content (AvgIpc) is 3.18. The molecule has 0 aromatic heterocycles. The van der Waals surface area contributed by atoms with Crippen molar-refractivity contribution in [2.24, 2.45) is 11.8 Å². The van der Waals surface area contributed by atoms with Gasteiger partial charge in [-0.3, -0.25) is 14.4 Å². The number of rotatable bonds is 5. The predicted octanol–water partition coefficient (Wildman–Crippen LogP) is 6.73. The highest BCUT2D eigenvalue weighted by molar-refractivity contribution is 6.25. The molecule has 6 rings (SSSR count). The van der Waals surface area contributed by atoms with Crippen LogP contribution in [-0.2, 0) is 9.59 Å². The fraction of sp³-hybridized carbons (Fsp3) is 0.156. The molecule has 4 aromatic rings. The summed E-state index contributed by atoms with van der Waals surface area (Å²) in [7, 11) is 0. The lowest BCUT2D eigenvalue weighted by Crippen LogP contribution is -2.33. The third kappa shape index (κ3) is 4.34. The third-order valence-electron chi connectivity index (χ3n) is 7.28. The van der Waals surface area contributed by atoms with E-state index in [2.05, 4.69) is 11.4 Å². The van der Waals surface area contributed by atoms with E-state index in [-0.39, 0.29) is 29.2 Å². The Morgan fingerprint density at radius 2 is 1.50 bits per heavy atom. The van der Waals surface area contributed by atoms with Gasteiger partial charge in [0.05, 0.1) is 23.1 Å². The number of para-hydroxylation sites is 1. The second-order valence-electron chi connectivity index (χ2n) is 9.82. The molecule has 38 heavy (non-hydrogen) atoms. The zero-order valence-electron chi connectivity index (χ0n) is 20.9. The summed E-state index contributed by atoms with van der Waals surface area (Å²) in [6.07, 6.45) is 3.16. The lowest BCUT2D eigenvalue weighted by molar-refractivity contribution is -0.122. The van der Waals surface area contributed by atoms with Gasteiger partial charge in [0.2, 0.25) is 11.8 Å². The number of nitrogens with zero attached hydrogens (tertiary/aromatic N) is 1. The molecule has 188 valence electrons. The van der Waals surface area contributed by atoms with Crippen LogP contribution >= 0.6 is 0 Å². The van der Waals surface area contributed by atoms with Crippen LogP contribution in [0.4, 0.5) is 11.4 Å². The molecule has 4 aromatic carbocycles. The molecule has 1 N–H and O–H groups in total. The van der Waals surface area contributed by atoms with E-state index in [9.17, 15) is 14.4 Å². The van der Waals surface area contributed by atoms with Gasteiger partial charge in [-0.05, 0) is 79.1 Å². The van der Waals surface area contributed by atoms with Crippen molar-refractivity contribution in [2.45, 2.75) is 19.8 Å². The molecule has 0 saturated carbocycles. The van der Waals surface area contributed by atoms with Crippen LogP contribution in [0.2, 0.25) is 0 Å². The zero-order chi connectivity index (χ0) is 26.2. The van der Waals surface area contributed by atoms with Crippen LogP contribution in [0.1, 0.15) is 30.1 Å². The molecular formula is C32H26N2O4. The third-order valence-corrected chi connectivity index (χ3v) is 7.28. The minimum atomic E-state index is -0.395. The molecule has 1 heterocycles.